The van der Waals surface area contributed by atoms with Crippen LogP contribution in [-0.2, 0) is 7.05 Å². The van der Waals surface area contributed by atoms with Crippen LogP contribution in [0.4, 0.5) is 0 Å². The molecular formula is C12H10N2O5. The number of carboxylic acids is 1. The number of ether oxygens (including phenoxy) is 1. The first kappa shape index (κ1) is 12.6. The summed E-state index contributed by atoms with van der Waals surface area (Å²) in [5, 5.41) is 21.9. The number of nitrogens with zero attached hydrogens (tertiary/aromatic N) is 2. The number of carbonyl (C=O) groups is 2. The van der Waals surface area contributed by atoms with Crippen LogP contribution in [-0.4, -0.2) is 31.9 Å². The zero-order chi connectivity index (χ0) is 14.0. The Hall–Kier alpha value is -2.83. The Kier molecular flexibility index (Phi) is 3.19. The average Bonchev–Trinajstić information content (AvgIpc) is 2.71. The van der Waals surface area contributed by atoms with Crippen molar-refractivity contribution in [2.45, 2.75) is 0 Å². The van der Waals surface area contributed by atoms with E-state index in [0.29, 0.717) is 0 Å². The maximum absolute atomic E-state index is 11.9. The number of hydrogen-bond acceptors (Lipinski definition) is 5. The lowest BCUT2D eigenvalue weighted by molar-refractivity contribution is 0.0663. The highest BCUT2D eigenvalue weighted by molar-refractivity contribution is 6.01. The zero-order valence-electron chi connectivity index (χ0n) is 9.90. The summed E-state index contributed by atoms with van der Waals surface area (Å²) in [5.74, 6) is -2.07. The molecule has 0 aliphatic heterocycles. The lowest BCUT2D eigenvalue weighted by atomic mass is 10.2. The minimum Gasteiger partial charge on any atom is -0.508 e. The van der Waals surface area contributed by atoms with E-state index in [2.05, 4.69) is 5.10 Å². The van der Waals surface area contributed by atoms with Crippen LogP contribution in [0.1, 0.15) is 20.8 Å². The van der Waals surface area contributed by atoms with Gasteiger partial charge in [0.1, 0.15) is 17.1 Å². The van der Waals surface area contributed by atoms with Crippen LogP contribution in [0.5, 0.6) is 11.5 Å². The maximum atomic E-state index is 11.9. The molecule has 7 nitrogen and oxygen atoms in total. The molecule has 0 aliphatic carbocycles. The summed E-state index contributed by atoms with van der Waals surface area (Å²) in [6, 6.07) is 5.63. The number of aromatic hydroxyl groups is 1. The fourth-order valence-corrected chi connectivity index (χ4v) is 1.54. The van der Waals surface area contributed by atoms with Crippen molar-refractivity contribution in [3.05, 3.63) is 41.7 Å². The molecule has 0 aliphatic rings. The highest BCUT2D eigenvalue weighted by atomic mass is 16.5. The molecule has 0 radical (unpaired) electrons. The largest absolute Gasteiger partial charge is 0.508 e. The van der Waals surface area contributed by atoms with Gasteiger partial charge in [-0.3, -0.25) is 4.68 Å². The second-order valence-electron chi connectivity index (χ2n) is 3.72. The molecule has 0 unspecified atom stereocenters. The normalized spacial score (nSPS) is 10.2. The van der Waals surface area contributed by atoms with Gasteiger partial charge in [-0.15, -0.1) is 0 Å². The highest BCUT2D eigenvalue weighted by Gasteiger charge is 2.23. The van der Waals surface area contributed by atoms with Gasteiger partial charge in [-0.25, -0.2) is 9.59 Å². The molecule has 1 aromatic carbocycles. The van der Waals surface area contributed by atoms with Crippen LogP contribution in [0.3, 0.4) is 0 Å². The van der Waals surface area contributed by atoms with Crippen molar-refractivity contribution < 1.29 is 24.5 Å². The predicted molar refractivity (Wildman–Crippen MR) is 63.2 cm³/mol. The fourth-order valence-electron chi connectivity index (χ4n) is 1.54. The average molecular weight is 262 g/mol. The Balaban J connectivity index is 2.30. The van der Waals surface area contributed by atoms with E-state index < -0.39 is 11.9 Å². The fraction of sp³-hybridized carbons (Fsp3) is 0.0833. The number of phenolic OH excluding ortho intramolecular Hbond substituents is 1. The molecule has 1 heterocycles. The van der Waals surface area contributed by atoms with Gasteiger partial charge in [0.05, 0.1) is 6.20 Å². The first-order chi connectivity index (χ1) is 8.99. The molecule has 0 saturated heterocycles. The minimum absolute atomic E-state index is 0.0613. The van der Waals surface area contributed by atoms with E-state index in [1.807, 2.05) is 0 Å². The third-order valence-corrected chi connectivity index (χ3v) is 2.39. The molecule has 0 spiro atoms. The molecule has 2 N–H and O–H groups in total. The number of carboxylic acid groups (broad SMARTS) is 1. The van der Waals surface area contributed by atoms with Gasteiger partial charge in [-0.05, 0) is 12.1 Å². The molecule has 0 bridgehead atoms. The number of phenols is 1. The van der Waals surface area contributed by atoms with Crippen LogP contribution in [0.25, 0.3) is 0 Å². The smallest absolute Gasteiger partial charge is 0.362 e. The lowest BCUT2D eigenvalue weighted by Gasteiger charge is -2.05. The number of hydrogen-bond donors (Lipinski definition) is 2. The monoisotopic (exact) mass is 262 g/mol. The third-order valence-electron chi connectivity index (χ3n) is 2.39. The van der Waals surface area contributed by atoms with Gasteiger partial charge in [0.15, 0.2) is 5.69 Å². The summed E-state index contributed by atoms with van der Waals surface area (Å²) in [6.45, 7) is 0. The second-order valence-corrected chi connectivity index (χ2v) is 3.72. The Morgan fingerprint density at radius 3 is 2.74 bits per heavy atom. The number of aryl methyl sites for hydroxylation is 1. The predicted octanol–water partition coefficient (Wildman–Crippen LogP) is 1.04. The summed E-state index contributed by atoms with van der Waals surface area (Å²) in [4.78, 5) is 22.8. The highest BCUT2D eigenvalue weighted by Crippen LogP contribution is 2.19. The Morgan fingerprint density at radius 1 is 1.37 bits per heavy atom. The van der Waals surface area contributed by atoms with Crippen LogP contribution in [0.2, 0.25) is 0 Å². The second kappa shape index (κ2) is 4.81. The molecular weight excluding hydrogens is 252 g/mol. The molecule has 1 aromatic heterocycles. The number of aromatic nitrogens is 2. The molecule has 0 saturated carbocycles. The van der Waals surface area contributed by atoms with E-state index in [-0.39, 0.29) is 22.8 Å². The number of benzene rings is 1. The summed E-state index contributed by atoms with van der Waals surface area (Å²) in [7, 11) is 1.44. The Labute approximate surface area is 107 Å². The summed E-state index contributed by atoms with van der Waals surface area (Å²) < 4.78 is 6.11. The molecule has 0 amide bonds. The van der Waals surface area contributed by atoms with Crippen molar-refractivity contribution in [3.8, 4) is 11.5 Å². The standard InChI is InChI=1S/C12H10N2O5/c1-14-10(9(6-13-14)11(16)17)12(18)19-8-4-2-3-7(15)5-8/h2-6,15H,1H3,(H,16,17). The topological polar surface area (TPSA) is 102 Å². The van der Waals surface area contributed by atoms with E-state index in [9.17, 15) is 14.7 Å². The van der Waals surface area contributed by atoms with Gasteiger partial charge in [0.25, 0.3) is 0 Å². The zero-order valence-corrected chi connectivity index (χ0v) is 9.90. The number of carbonyl (C=O) groups excluding carboxylic acids is 1. The summed E-state index contributed by atoms with van der Waals surface area (Å²) in [6.07, 6.45) is 1.07. The quantitative estimate of drug-likeness (QED) is 0.633. The first-order valence-corrected chi connectivity index (χ1v) is 5.25. The SMILES string of the molecule is Cn1ncc(C(=O)O)c1C(=O)Oc1cccc(O)c1. The Morgan fingerprint density at radius 2 is 2.11 bits per heavy atom. The van der Waals surface area contributed by atoms with Gasteiger partial charge in [0, 0.05) is 13.1 Å². The van der Waals surface area contributed by atoms with Gasteiger partial charge in [-0.1, -0.05) is 6.07 Å². The van der Waals surface area contributed by atoms with Crippen molar-refractivity contribution in [1.29, 1.82) is 0 Å². The van der Waals surface area contributed by atoms with Crippen molar-refractivity contribution >= 4 is 11.9 Å². The van der Waals surface area contributed by atoms with Gasteiger partial charge in [0.2, 0.25) is 0 Å². The number of rotatable bonds is 3. The van der Waals surface area contributed by atoms with Crippen LogP contribution in [0, 0.1) is 0 Å². The van der Waals surface area contributed by atoms with Crippen LogP contribution < -0.4 is 4.74 Å². The molecule has 2 rings (SSSR count). The molecule has 7 heteroatoms. The minimum atomic E-state index is -1.27. The van der Waals surface area contributed by atoms with Crippen molar-refractivity contribution in [2.75, 3.05) is 0 Å². The first-order valence-electron chi connectivity index (χ1n) is 5.25. The Bertz CT molecular complexity index is 647. The molecule has 2 aromatic rings. The van der Waals surface area contributed by atoms with Crippen molar-refractivity contribution in [2.24, 2.45) is 7.05 Å². The van der Waals surface area contributed by atoms with Crippen molar-refractivity contribution in [1.82, 2.24) is 9.78 Å². The van der Waals surface area contributed by atoms with E-state index in [4.69, 9.17) is 9.84 Å². The van der Waals surface area contributed by atoms with Crippen LogP contribution >= 0.6 is 0 Å². The van der Waals surface area contributed by atoms with E-state index in [1.54, 1.807) is 0 Å². The number of aromatic carboxylic acids is 1. The van der Waals surface area contributed by atoms with Gasteiger partial charge < -0.3 is 14.9 Å². The molecule has 0 atom stereocenters. The van der Waals surface area contributed by atoms with Crippen molar-refractivity contribution in [3.63, 3.8) is 0 Å². The third kappa shape index (κ3) is 2.54. The van der Waals surface area contributed by atoms with E-state index in [1.165, 1.54) is 31.3 Å². The van der Waals surface area contributed by atoms with Gasteiger partial charge >= 0.3 is 11.9 Å². The molecule has 98 valence electrons. The van der Waals surface area contributed by atoms with Gasteiger partial charge in [-0.2, -0.15) is 5.10 Å². The van der Waals surface area contributed by atoms with E-state index >= 15 is 0 Å². The number of esters is 1. The summed E-state index contributed by atoms with van der Waals surface area (Å²) in [5.41, 5.74) is -0.413. The van der Waals surface area contributed by atoms with E-state index in [0.717, 1.165) is 10.9 Å². The summed E-state index contributed by atoms with van der Waals surface area (Å²) >= 11 is 0. The maximum Gasteiger partial charge on any atom is 0.362 e. The molecule has 19 heavy (non-hydrogen) atoms. The lowest BCUT2D eigenvalue weighted by Crippen LogP contribution is -2.17. The molecule has 0 fully saturated rings. The van der Waals surface area contributed by atoms with Crippen LogP contribution in [0.15, 0.2) is 30.5 Å².